The maximum absolute atomic E-state index is 5.71. The molecule has 0 aromatic rings. The molecule has 0 aromatic carbocycles. The van der Waals surface area contributed by atoms with Crippen LogP contribution in [0.3, 0.4) is 0 Å². The topological polar surface area (TPSA) is 76.8 Å². The molecule has 0 bridgehead atoms. The van der Waals surface area contributed by atoms with Crippen molar-refractivity contribution in [2.45, 2.75) is 65.2 Å². The van der Waals surface area contributed by atoms with E-state index in [1.165, 1.54) is 44.2 Å². The first-order valence-corrected chi connectivity index (χ1v) is 9.28. The Labute approximate surface area is 139 Å². The summed E-state index contributed by atoms with van der Waals surface area (Å²) in [5.74, 6) is 13.7. The molecule has 3 fully saturated rings. The molecule has 0 heterocycles. The summed E-state index contributed by atoms with van der Waals surface area (Å²) in [6.45, 7) is 4.94. The van der Waals surface area contributed by atoms with Crippen LogP contribution in [0.1, 0.15) is 65.2 Å². The van der Waals surface area contributed by atoms with Crippen LogP contribution in [0.2, 0.25) is 0 Å². The van der Waals surface area contributed by atoms with Crippen LogP contribution in [-0.4, -0.2) is 11.4 Å². The van der Waals surface area contributed by atoms with E-state index in [4.69, 9.17) is 11.7 Å². The zero-order valence-corrected chi connectivity index (χ0v) is 14.5. The van der Waals surface area contributed by atoms with Crippen LogP contribution in [0.25, 0.3) is 0 Å². The largest absolute Gasteiger partial charge is 0.323 e. The van der Waals surface area contributed by atoms with Gasteiger partial charge in [0.15, 0.2) is 0 Å². The molecule has 0 saturated heterocycles. The van der Waals surface area contributed by atoms with Gasteiger partial charge in [-0.25, -0.2) is 0 Å². The van der Waals surface area contributed by atoms with Crippen molar-refractivity contribution >= 4 is 11.4 Å². The third-order valence-electron chi connectivity index (χ3n) is 8.04. The molecule has 4 nitrogen and oxygen atoms in total. The van der Waals surface area contributed by atoms with Crippen molar-refractivity contribution in [3.05, 3.63) is 11.6 Å². The molecule has 3 unspecified atom stereocenters. The molecular formula is C19H30N4. The molecule has 4 heteroatoms. The van der Waals surface area contributed by atoms with Crippen LogP contribution in [0.15, 0.2) is 21.9 Å². The number of rotatable bonds is 0. The predicted molar refractivity (Wildman–Crippen MR) is 94.9 cm³/mol. The number of nitrogens with two attached hydrogens (primary N) is 2. The Balaban J connectivity index is 1.68. The highest BCUT2D eigenvalue weighted by Gasteiger charge is 2.58. The first-order valence-electron chi connectivity index (χ1n) is 9.28. The second-order valence-electron chi connectivity index (χ2n) is 8.69. The normalized spacial score (nSPS) is 49.5. The Kier molecular flexibility index (Phi) is 3.37. The van der Waals surface area contributed by atoms with Crippen molar-refractivity contribution in [1.29, 1.82) is 0 Å². The van der Waals surface area contributed by atoms with Crippen LogP contribution in [-0.2, 0) is 0 Å². The number of nitrogens with zero attached hydrogens (tertiary/aromatic N) is 2. The third-order valence-corrected chi connectivity index (χ3v) is 8.04. The van der Waals surface area contributed by atoms with E-state index in [2.05, 4.69) is 30.1 Å². The highest BCUT2D eigenvalue weighted by molar-refractivity contribution is 5.96. The predicted octanol–water partition coefficient (Wildman–Crippen LogP) is 3.58. The summed E-state index contributed by atoms with van der Waals surface area (Å²) in [5.41, 5.74) is 4.62. The highest BCUT2D eigenvalue weighted by atomic mass is 15.1. The Hall–Kier alpha value is -1.32. The average molecular weight is 314 g/mol. The lowest BCUT2D eigenvalue weighted by molar-refractivity contribution is -0.0154. The van der Waals surface area contributed by atoms with Crippen molar-refractivity contribution in [3.63, 3.8) is 0 Å². The Morgan fingerprint density at radius 2 is 1.70 bits per heavy atom. The van der Waals surface area contributed by atoms with Crippen LogP contribution < -0.4 is 11.7 Å². The van der Waals surface area contributed by atoms with Gasteiger partial charge < -0.3 is 11.7 Å². The minimum Gasteiger partial charge on any atom is -0.323 e. The number of allylic oxidation sites excluding steroid dienone is 2. The van der Waals surface area contributed by atoms with Gasteiger partial charge in [-0.1, -0.05) is 19.4 Å². The Morgan fingerprint density at radius 3 is 2.43 bits per heavy atom. The molecule has 0 spiro atoms. The molecule has 3 saturated carbocycles. The SMILES string of the molecule is C[C@]12CC/C(=N/N)C=C1CCC1C2CC[C@]2(C)/C(=N\N)CCC12. The van der Waals surface area contributed by atoms with Gasteiger partial charge in [0.1, 0.15) is 0 Å². The van der Waals surface area contributed by atoms with Crippen LogP contribution in [0.4, 0.5) is 0 Å². The molecule has 4 N–H and O–H groups in total. The monoisotopic (exact) mass is 314 g/mol. The van der Waals surface area contributed by atoms with Gasteiger partial charge >= 0.3 is 0 Å². The van der Waals surface area contributed by atoms with Gasteiger partial charge in [-0.05, 0) is 80.6 Å². The Bertz CT molecular complexity index is 604. The summed E-state index contributed by atoms with van der Waals surface area (Å²) in [4.78, 5) is 0. The standard InChI is InChI=1S/C19H30N4/c1-18-9-7-13(22-20)11-12(18)3-4-14-15-5-6-17(23-21)19(15,2)10-8-16(14)18/h11,14-16H,3-10,20-21H2,1-2H3/b22-13-,23-17-/t14?,15?,16?,18-,19-/m0/s1. The first kappa shape index (κ1) is 15.2. The van der Waals surface area contributed by atoms with E-state index in [9.17, 15) is 0 Å². The van der Waals surface area contributed by atoms with Gasteiger partial charge in [-0.3, -0.25) is 0 Å². The van der Waals surface area contributed by atoms with Crippen LogP contribution in [0.5, 0.6) is 0 Å². The quantitative estimate of drug-likeness (QED) is 0.529. The molecule has 4 rings (SSSR count). The lowest BCUT2D eigenvalue weighted by atomic mass is 9.47. The first-order chi connectivity index (χ1) is 11.0. The second kappa shape index (κ2) is 5.09. The molecule has 23 heavy (non-hydrogen) atoms. The van der Waals surface area contributed by atoms with Gasteiger partial charge in [0.05, 0.1) is 5.71 Å². The maximum atomic E-state index is 5.71. The van der Waals surface area contributed by atoms with Crippen LogP contribution >= 0.6 is 0 Å². The van der Waals surface area contributed by atoms with E-state index in [1.54, 1.807) is 5.57 Å². The zero-order valence-electron chi connectivity index (χ0n) is 14.5. The molecule has 4 aliphatic rings. The molecule has 4 aliphatic carbocycles. The number of hydrazone groups is 2. The average Bonchev–Trinajstić information content (AvgIpc) is 2.90. The molecular weight excluding hydrogens is 284 g/mol. The van der Waals surface area contributed by atoms with E-state index >= 15 is 0 Å². The van der Waals surface area contributed by atoms with Gasteiger partial charge in [-0.15, -0.1) is 0 Å². The molecule has 0 amide bonds. The summed E-state index contributed by atoms with van der Waals surface area (Å²) in [6, 6.07) is 0. The fourth-order valence-electron chi connectivity index (χ4n) is 6.67. The summed E-state index contributed by atoms with van der Waals surface area (Å²) in [7, 11) is 0. The summed E-state index contributed by atoms with van der Waals surface area (Å²) in [6.07, 6.45) is 12.1. The molecule has 5 atom stereocenters. The van der Waals surface area contributed by atoms with Gasteiger partial charge in [-0.2, -0.15) is 10.2 Å². The van der Waals surface area contributed by atoms with Crippen molar-refractivity contribution in [3.8, 4) is 0 Å². The molecule has 0 radical (unpaired) electrons. The second-order valence-corrected chi connectivity index (χ2v) is 8.69. The van der Waals surface area contributed by atoms with E-state index in [0.29, 0.717) is 5.41 Å². The van der Waals surface area contributed by atoms with Crippen molar-refractivity contribution < 1.29 is 0 Å². The Morgan fingerprint density at radius 1 is 0.913 bits per heavy atom. The van der Waals surface area contributed by atoms with Gasteiger partial charge in [0, 0.05) is 11.1 Å². The lowest BCUT2D eigenvalue weighted by Gasteiger charge is -2.57. The van der Waals surface area contributed by atoms with E-state index in [1.807, 2.05) is 0 Å². The van der Waals surface area contributed by atoms with E-state index < -0.39 is 0 Å². The summed E-state index contributed by atoms with van der Waals surface area (Å²) in [5, 5.41) is 8.15. The third kappa shape index (κ3) is 1.96. The fourth-order valence-corrected chi connectivity index (χ4v) is 6.67. The maximum Gasteiger partial charge on any atom is 0.0600 e. The van der Waals surface area contributed by atoms with E-state index in [-0.39, 0.29) is 5.41 Å². The minimum absolute atomic E-state index is 0.270. The van der Waals surface area contributed by atoms with Gasteiger partial charge in [0.25, 0.3) is 0 Å². The number of hydrogen-bond acceptors (Lipinski definition) is 4. The molecule has 126 valence electrons. The smallest absolute Gasteiger partial charge is 0.0600 e. The minimum atomic E-state index is 0.270. The summed E-state index contributed by atoms with van der Waals surface area (Å²) >= 11 is 0. The van der Waals surface area contributed by atoms with Gasteiger partial charge in [0.2, 0.25) is 0 Å². The lowest BCUT2D eigenvalue weighted by Crippen LogP contribution is -2.50. The van der Waals surface area contributed by atoms with Crippen molar-refractivity contribution in [2.75, 3.05) is 0 Å². The van der Waals surface area contributed by atoms with Crippen molar-refractivity contribution in [1.82, 2.24) is 0 Å². The van der Waals surface area contributed by atoms with Crippen molar-refractivity contribution in [2.24, 2.45) is 50.5 Å². The zero-order chi connectivity index (χ0) is 16.2. The molecule has 0 aromatic heterocycles. The van der Waals surface area contributed by atoms with Crippen LogP contribution in [0, 0.1) is 28.6 Å². The summed E-state index contributed by atoms with van der Waals surface area (Å²) < 4.78 is 0. The molecule has 0 aliphatic heterocycles. The highest BCUT2D eigenvalue weighted by Crippen LogP contribution is 2.64. The fraction of sp³-hybridized carbons (Fsp3) is 0.789. The number of fused-ring (bicyclic) bond motifs is 5. The van der Waals surface area contributed by atoms with E-state index in [0.717, 1.165) is 36.3 Å². The number of hydrogen-bond donors (Lipinski definition) is 2.